The van der Waals surface area contributed by atoms with Gasteiger partial charge in [-0.2, -0.15) is 13.2 Å². The summed E-state index contributed by atoms with van der Waals surface area (Å²) in [5, 5.41) is 5.23. The predicted molar refractivity (Wildman–Crippen MR) is 115 cm³/mol. The topological polar surface area (TPSA) is 54.0 Å². The number of alkyl halides is 3. The number of rotatable bonds is 6. The van der Waals surface area contributed by atoms with Gasteiger partial charge in [-0.15, -0.1) is 6.58 Å². The Kier molecular flexibility index (Phi) is 7.02. The van der Waals surface area contributed by atoms with Gasteiger partial charge >= 0.3 is 12.2 Å². The maximum Gasteiger partial charge on any atom is 0.416 e. The van der Waals surface area contributed by atoms with Crippen molar-refractivity contribution in [2.45, 2.75) is 18.1 Å². The molecule has 1 atom stereocenters. The first-order valence-corrected chi connectivity index (χ1v) is 9.87. The second-order valence-corrected chi connectivity index (χ2v) is 7.51. The van der Waals surface area contributed by atoms with Crippen LogP contribution in [0.4, 0.5) is 32.4 Å². The van der Waals surface area contributed by atoms with Crippen molar-refractivity contribution in [3.05, 3.63) is 107 Å². The maximum absolute atomic E-state index is 14.3. The molecule has 2 aromatic carbocycles. The van der Waals surface area contributed by atoms with E-state index in [0.29, 0.717) is 6.07 Å². The molecule has 4 nitrogen and oxygen atoms in total. The number of carbonyl (C=O) groups excluding carboxylic acids is 1. The zero-order valence-electron chi connectivity index (χ0n) is 16.9. The molecule has 0 saturated heterocycles. The Morgan fingerprint density at radius 2 is 1.76 bits per heavy atom. The number of anilines is 1. The molecule has 3 rings (SSSR count). The highest BCUT2D eigenvalue weighted by Gasteiger charge is 2.40. The lowest BCUT2D eigenvalue weighted by Gasteiger charge is -2.34. The summed E-state index contributed by atoms with van der Waals surface area (Å²) >= 11 is 5.90. The highest BCUT2D eigenvalue weighted by atomic mass is 35.5. The van der Waals surface area contributed by atoms with Crippen molar-refractivity contribution in [1.82, 2.24) is 10.3 Å². The largest absolute Gasteiger partial charge is 0.416 e. The van der Waals surface area contributed by atoms with Gasteiger partial charge in [-0.25, -0.2) is 13.6 Å². The van der Waals surface area contributed by atoms with Crippen LogP contribution in [0.3, 0.4) is 0 Å². The predicted octanol–water partition coefficient (Wildman–Crippen LogP) is 6.67. The van der Waals surface area contributed by atoms with Gasteiger partial charge in [0.2, 0.25) is 0 Å². The van der Waals surface area contributed by atoms with E-state index < -0.39 is 34.9 Å². The molecule has 0 aliphatic carbocycles. The van der Waals surface area contributed by atoms with E-state index in [0.717, 1.165) is 18.2 Å². The lowest BCUT2D eigenvalue weighted by atomic mass is 9.82. The number of carbonyl (C=O) groups is 1. The average Bonchev–Trinajstić information content (AvgIpc) is 2.73. The molecule has 1 unspecified atom stereocenters. The first-order valence-electron chi connectivity index (χ1n) is 9.49. The number of hydrogen-bond donors (Lipinski definition) is 2. The number of hydrogen-bond acceptors (Lipinski definition) is 2. The Morgan fingerprint density at radius 3 is 2.36 bits per heavy atom. The highest BCUT2D eigenvalue weighted by Crippen LogP contribution is 2.38. The average molecular weight is 482 g/mol. The van der Waals surface area contributed by atoms with Gasteiger partial charge in [0.1, 0.15) is 17.2 Å². The first-order chi connectivity index (χ1) is 15.5. The van der Waals surface area contributed by atoms with Gasteiger partial charge in [0.25, 0.3) is 0 Å². The molecule has 0 spiro atoms. The lowest BCUT2D eigenvalue weighted by molar-refractivity contribution is -0.137. The number of nitrogens with one attached hydrogen (secondary N) is 2. The van der Waals surface area contributed by atoms with E-state index in [4.69, 9.17) is 11.6 Å². The summed E-state index contributed by atoms with van der Waals surface area (Å²) in [5.74, 6) is -1.76. The molecular formula is C23H17ClF5N3O. The number of benzene rings is 2. The van der Waals surface area contributed by atoms with E-state index in [9.17, 15) is 26.7 Å². The zero-order valence-corrected chi connectivity index (χ0v) is 17.6. The Bertz CT molecular complexity index is 1170. The van der Waals surface area contributed by atoms with Crippen LogP contribution < -0.4 is 10.6 Å². The Labute approximate surface area is 191 Å². The SMILES string of the molecule is C=CCC(NC(=O)Nc1cccc(F)c1)(c1cc(F)cc(C(F)(F)F)c1)c1ccc(Cl)cn1. The Morgan fingerprint density at radius 1 is 1.03 bits per heavy atom. The molecule has 0 saturated carbocycles. The van der Waals surface area contributed by atoms with Crippen LogP contribution in [-0.4, -0.2) is 11.0 Å². The van der Waals surface area contributed by atoms with E-state index in [1.807, 2.05) is 0 Å². The number of halogens is 6. The quantitative estimate of drug-likeness (QED) is 0.305. The molecule has 2 amide bonds. The van der Waals surface area contributed by atoms with Crippen molar-refractivity contribution in [2.75, 3.05) is 5.32 Å². The maximum atomic E-state index is 14.3. The van der Waals surface area contributed by atoms with E-state index in [1.54, 1.807) is 0 Å². The van der Waals surface area contributed by atoms with Gasteiger partial charge in [0.15, 0.2) is 0 Å². The van der Waals surface area contributed by atoms with Crippen LogP contribution in [0.2, 0.25) is 5.02 Å². The molecule has 1 heterocycles. The van der Waals surface area contributed by atoms with Crippen LogP contribution in [0.25, 0.3) is 0 Å². The smallest absolute Gasteiger partial charge is 0.322 e. The van der Waals surface area contributed by atoms with Crippen molar-refractivity contribution in [2.24, 2.45) is 0 Å². The fraction of sp³-hybridized carbons (Fsp3) is 0.130. The van der Waals surface area contributed by atoms with Crippen molar-refractivity contribution < 1.29 is 26.7 Å². The summed E-state index contributed by atoms with van der Waals surface area (Å²) < 4.78 is 68.0. The second kappa shape index (κ2) is 9.58. The minimum atomic E-state index is -4.84. The normalized spacial score (nSPS) is 13.2. The second-order valence-electron chi connectivity index (χ2n) is 7.08. The van der Waals surface area contributed by atoms with E-state index in [1.165, 1.54) is 42.6 Å². The van der Waals surface area contributed by atoms with E-state index in [-0.39, 0.29) is 28.4 Å². The molecule has 33 heavy (non-hydrogen) atoms. The minimum absolute atomic E-state index is 0.0833. The third kappa shape index (κ3) is 5.67. The summed E-state index contributed by atoms with van der Waals surface area (Å²) in [5.41, 5.74) is -3.04. The van der Waals surface area contributed by atoms with Gasteiger partial charge in [0.05, 0.1) is 16.3 Å². The fourth-order valence-electron chi connectivity index (χ4n) is 3.32. The van der Waals surface area contributed by atoms with Gasteiger partial charge in [-0.05, 0) is 60.5 Å². The van der Waals surface area contributed by atoms with Gasteiger partial charge < -0.3 is 10.6 Å². The van der Waals surface area contributed by atoms with Crippen molar-refractivity contribution in [3.63, 3.8) is 0 Å². The third-order valence-corrected chi connectivity index (χ3v) is 4.97. The summed E-state index contributed by atoms with van der Waals surface area (Å²) in [4.78, 5) is 17.0. The highest BCUT2D eigenvalue weighted by molar-refractivity contribution is 6.30. The number of urea groups is 1. The van der Waals surface area contributed by atoms with Crippen LogP contribution >= 0.6 is 11.6 Å². The Balaban J connectivity index is 2.15. The summed E-state index contributed by atoms with van der Waals surface area (Å²) in [6.07, 6.45) is -2.41. The van der Waals surface area contributed by atoms with Crippen molar-refractivity contribution >= 4 is 23.3 Å². The molecule has 0 fully saturated rings. The monoisotopic (exact) mass is 481 g/mol. The molecule has 0 aliphatic rings. The lowest BCUT2D eigenvalue weighted by Crippen LogP contribution is -2.49. The van der Waals surface area contributed by atoms with Crippen molar-refractivity contribution in [3.8, 4) is 0 Å². The van der Waals surface area contributed by atoms with Crippen LogP contribution in [0.15, 0.2) is 73.4 Å². The number of aromatic nitrogens is 1. The molecule has 0 aliphatic heterocycles. The van der Waals surface area contributed by atoms with Crippen LogP contribution in [0.1, 0.15) is 23.2 Å². The van der Waals surface area contributed by atoms with Crippen LogP contribution in [0, 0.1) is 11.6 Å². The minimum Gasteiger partial charge on any atom is -0.322 e. The summed E-state index contributed by atoms with van der Waals surface area (Å²) in [6, 6.07) is 8.90. The number of nitrogens with zero attached hydrogens (tertiary/aromatic N) is 1. The molecular weight excluding hydrogens is 465 g/mol. The molecule has 2 N–H and O–H groups in total. The first kappa shape index (κ1) is 24.2. The molecule has 10 heteroatoms. The fourth-order valence-corrected chi connectivity index (χ4v) is 3.44. The third-order valence-electron chi connectivity index (χ3n) is 4.74. The van der Waals surface area contributed by atoms with Gasteiger partial charge in [-0.1, -0.05) is 23.7 Å². The Hall–Kier alpha value is -3.46. The zero-order chi connectivity index (χ0) is 24.2. The molecule has 0 radical (unpaired) electrons. The number of amides is 2. The van der Waals surface area contributed by atoms with Crippen LogP contribution in [0.5, 0.6) is 0 Å². The molecule has 1 aromatic heterocycles. The van der Waals surface area contributed by atoms with Gasteiger partial charge in [-0.3, -0.25) is 4.98 Å². The van der Waals surface area contributed by atoms with Crippen molar-refractivity contribution in [1.29, 1.82) is 0 Å². The molecule has 172 valence electrons. The summed E-state index contributed by atoms with van der Waals surface area (Å²) in [6.45, 7) is 3.62. The van der Waals surface area contributed by atoms with Crippen LogP contribution in [-0.2, 0) is 11.7 Å². The standard InChI is InChI=1S/C23H17ClF5N3O/c1-2-8-22(20-7-6-16(24)13-30-20,14-9-15(23(27,28)29)11-18(26)10-14)32-21(33)31-19-5-3-4-17(25)12-19/h2-7,9-13H,1,8H2,(H2,31,32,33). The van der Waals surface area contributed by atoms with Gasteiger partial charge in [0, 0.05) is 11.9 Å². The molecule has 0 bridgehead atoms. The molecule has 3 aromatic rings. The van der Waals surface area contributed by atoms with E-state index >= 15 is 0 Å². The summed E-state index contributed by atoms with van der Waals surface area (Å²) in [7, 11) is 0. The number of pyridine rings is 1. The van der Waals surface area contributed by atoms with E-state index in [2.05, 4.69) is 22.2 Å².